The van der Waals surface area contributed by atoms with E-state index in [0.717, 1.165) is 38.5 Å². The van der Waals surface area contributed by atoms with E-state index < -0.39 is 5.79 Å². The second kappa shape index (κ2) is 5.08. The van der Waals surface area contributed by atoms with Crippen LogP contribution in [-0.2, 0) is 19.6 Å². The summed E-state index contributed by atoms with van der Waals surface area (Å²) in [6, 6.07) is 0. The van der Waals surface area contributed by atoms with Crippen molar-refractivity contribution in [1.29, 1.82) is 0 Å². The van der Waals surface area contributed by atoms with Gasteiger partial charge in [-0.25, -0.2) is 9.78 Å². The number of rotatable bonds is 0. The standard InChI is InChI=1S/C14H26O4/c1-12(2)10-11-13(3,4)16-18-14(17-15-12)8-6-5-7-9-14/h5-11H2,1-4H3. The average molecular weight is 258 g/mol. The summed E-state index contributed by atoms with van der Waals surface area (Å²) in [5.41, 5.74) is -0.614. The smallest absolute Gasteiger partial charge is 0.228 e. The van der Waals surface area contributed by atoms with Crippen LogP contribution in [0.5, 0.6) is 0 Å². The Balaban J connectivity index is 2.12. The molecular formula is C14H26O4. The summed E-state index contributed by atoms with van der Waals surface area (Å²) in [6.07, 6.45) is 6.82. The highest BCUT2D eigenvalue weighted by Crippen LogP contribution is 2.38. The molecule has 18 heavy (non-hydrogen) atoms. The van der Waals surface area contributed by atoms with Crippen molar-refractivity contribution in [3.63, 3.8) is 0 Å². The van der Waals surface area contributed by atoms with E-state index in [9.17, 15) is 0 Å². The van der Waals surface area contributed by atoms with E-state index in [1.807, 2.05) is 27.7 Å². The second-order valence-electron chi connectivity index (χ2n) is 6.82. The molecule has 2 aliphatic rings. The Morgan fingerprint density at radius 3 is 1.44 bits per heavy atom. The SMILES string of the molecule is CC1(C)CCC(C)(C)OOC2(CCCCC2)OO1. The van der Waals surface area contributed by atoms with Gasteiger partial charge >= 0.3 is 0 Å². The first-order valence-corrected chi connectivity index (χ1v) is 7.06. The van der Waals surface area contributed by atoms with Crippen molar-refractivity contribution in [2.75, 3.05) is 0 Å². The van der Waals surface area contributed by atoms with Crippen molar-refractivity contribution >= 4 is 0 Å². The average Bonchev–Trinajstić information content (AvgIpc) is 2.37. The molecule has 1 heterocycles. The summed E-state index contributed by atoms with van der Waals surface area (Å²) in [4.78, 5) is 22.6. The molecule has 0 N–H and O–H groups in total. The summed E-state index contributed by atoms with van der Waals surface area (Å²) in [7, 11) is 0. The summed E-state index contributed by atoms with van der Waals surface area (Å²) in [5.74, 6) is -0.711. The third kappa shape index (κ3) is 3.67. The van der Waals surface area contributed by atoms with Crippen LogP contribution in [0.15, 0.2) is 0 Å². The predicted octanol–water partition coefficient (Wildman–Crippen LogP) is 3.89. The zero-order valence-corrected chi connectivity index (χ0v) is 12.1. The van der Waals surface area contributed by atoms with Crippen LogP contribution < -0.4 is 0 Å². The minimum absolute atomic E-state index is 0.307. The Labute approximate surface area is 110 Å². The monoisotopic (exact) mass is 258 g/mol. The molecule has 1 aliphatic carbocycles. The molecule has 1 saturated carbocycles. The van der Waals surface area contributed by atoms with Gasteiger partial charge in [0.15, 0.2) is 0 Å². The zero-order valence-electron chi connectivity index (χ0n) is 12.1. The Morgan fingerprint density at radius 2 is 1.00 bits per heavy atom. The molecule has 4 nitrogen and oxygen atoms in total. The normalized spacial score (nSPS) is 31.3. The van der Waals surface area contributed by atoms with Crippen LogP contribution in [0.4, 0.5) is 0 Å². The maximum atomic E-state index is 5.65. The van der Waals surface area contributed by atoms with Crippen molar-refractivity contribution in [1.82, 2.24) is 0 Å². The molecule has 2 rings (SSSR count). The molecule has 0 aromatic heterocycles. The largest absolute Gasteiger partial charge is 0.234 e. The van der Waals surface area contributed by atoms with E-state index in [4.69, 9.17) is 19.6 Å². The van der Waals surface area contributed by atoms with Crippen LogP contribution in [-0.4, -0.2) is 17.0 Å². The number of hydrogen-bond donors (Lipinski definition) is 0. The first-order valence-electron chi connectivity index (χ1n) is 7.06. The van der Waals surface area contributed by atoms with Crippen molar-refractivity contribution < 1.29 is 19.6 Å². The molecule has 1 spiro atoms. The molecule has 4 heteroatoms. The van der Waals surface area contributed by atoms with Crippen molar-refractivity contribution in [3.8, 4) is 0 Å². The molecular weight excluding hydrogens is 232 g/mol. The van der Waals surface area contributed by atoms with Crippen molar-refractivity contribution in [2.45, 2.75) is 89.6 Å². The van der Waals surface area contributed by atoms with Gasteiger partial charge in [-0.15, -0.1) is 0 Å². The Bertz CT molecular complexity index is 258. The summed E-state index contributed by atoms with van der Waals surface area (Å²) in [5, 5.41) is 0. The fourth-order valence-electron chi connectivity index (χ4n) is 2.33. The molecule has 0 atom stereocenters. The summed E-state index contributed by atoms with van der Waals surface area (Å²) < 4.78 is 0. The van der Waals surface area contributed by atoms with Crippen LogP contribution in [0, 0.1) is 0 Å². The lowest BCUT2D eigenvalue weighted by Crippen LogP contribution is -2.41. The van der Waals surface area contributed by atoms with Crippen LogP contribution in [0.25, 0.3) is 0 Å². The van der Waals surface area contributed by atoms with Gasteiger partial charge in [0.05, 0.1) is 11.2 Å². The topological polar surface area (TPSA) is 36.9 Å². The van der Waals surface area contributed by atoms with Gasteiger partial charge in [0.25, 0.3) is 0 Å². The van der Waals surface area contributed by atoms with E-state index in [2.05, 4.69) is 0 Å². The maximum absolute atomic E-state index is 5.65. The lowest BCUT2D eigenvalue weighted by Gasteiger charge is -2.36. The van der Waals surface area contributed by atoms with Gasteiger partial charge in [-0.05, 0) is 53.4 Å². The third-order valence-corrected chi connectivity index (χ3v) is 3.78. The van der Waals surface area contributed by atoms with Crippen molar-refractivity contribution in [3.05, 3.63) is 0 Å². The van der Waals surface area contributed by atoms with Crippen LogP contribution in [0.3, 0.4) is 0 Å². The van der Waals surface area contributed by atoms with Gasteiger partial charge in [-0.2, -0.15) is 9.78 Å². The molecule has 2 fully saturated rings. The molecule has 1 saturated heterocycles. The maximum Gasteiger partial charge on any atom is 0.234 e. The van der Waals surface area contributed by atoms with Crippen LogP contribution in [0.2, 0.25) is 0 Å². The lowest BCUT2D eigenvalue weighted by atomic mass is 9.94. The zero-order chi connectivity index (χ0) is 13.3. The lowest BCUT2D eigenvalue weighted by molar-refractivity contribution is -0.541. The van der Waals surface area contributed by atoms with E-state index in [1.54, 1.807) is 0 Å². The van der Waals surface area contributed by atoms with Gasteiger partial charge in [0.2, 0.25) is 5.79 Å². The van der Waals surface area contributed by atoms with E-state index in [1.165, 1.54) is 6.42 Å². The quantitative estimate of drug-likeness (QED) is 0.618. The van der Waals surface area contributed by atoms with E-state index in [-0.39, 0.29) is 11.2 Å². The van der Waals surface area contributed by atoms with Gasteiger partial charge in [0, 0.05) is 12.8 Å². The van der Waals surface area contributed by atoms with Crippen LogP contribution in [0.1, 0.15) is 72.6 Å². The third-order valence-electron chi connectivity index (χ3n) is 3.78. The molecule has 0 aromatic rings. The van der Waals surface area contributed by atoms with E-state index in [0.29, 0.717) is 0 Å². The highest BCUT2D eigenvalue weighted by atomic mass is 17.3. The molecule has 0 aromatic carbocycles. The Kier molecular flexibility index (Phi) is 4.02. The molecule has 0 bridgehead atoms. The van der Waals surface area contributed by atoms with Gasteiger partial charge in [0.1, 0.15) is 0 Å². The Morgan fingerprint density at radius 1 is 0.556 bits per heavy atom. The molecule has 0 unspecified atom stereocenters. The fourth-order valence-corrected chi connectivity index (χ4v) is 2.33. The first kappa shape index (κ1) is 14.3. The summed E-state index contributed by atoms with van der Waals surface area (Å²) >= 11 is 0. The van der Waals surface area contributed by atoms with Gasteiger partial charge in [-0.3, -0.25) is 0 Å². The van der Waals surface area contributed by atoms with Crippen LogP contribution >= 0.6 is 0 Å². The van der Waals surface area contributed by atoms with Gasteiger partial charge < -0.3 is 0 Å². The molecule has 0 radical (unpaired) electrons. The summed E-state index contributed by atoms with van der Waals surface area (Å²) in [6.45, 7) is 8.19. The predicted molar refractivity (Wildman–Crippen MR) is 67.5 cm³/mol. The van der Waals surface area contributed by atoms with E-state index >= 15 is 0 Å². The minimum Gasteiger partial charge on any atom is -0.228 e. The first-order chi connectivity index (χ1) is 8.33. The fraction of sp³-hybridized carbons (Fsp3) is 1.00. The highest BCUT2D eigenvalue weighted by molar-refractivity contribution is 4.78. The molecule has 0 amide bonds. The van der Waals surface area contributed by atoms with Crippen molar-refractivity contribution in [2.24, 2.45) is 0 Å². The van der Waals surface area contributed by atoms with Gasteiger partial charge in [-0.1, -0.05) is 6.42 Å². The Hall–Kier alpha value is -0.160. The number of hydrogen-bond acceptors (Lipinski definition) is 4. The highest BCUT2D eigenvalue weighted by Gasteiger charge is 2.42. The molecule has 1 aliphatic heterocycles. The molecule has 106 valence electrons. The minimum atomic E-state index is -0.711. The second-order valence-corrected chi connectivity index (χ2v) is 6.82.